The van der Waals surface area contributed by atoms with E-state index in [1.54, 1.807) is 24.5 Å². The number of pyridine rings is 1. The first-order chi connectivity index (χ1) is 3.39. The second-order valence-electron chi connectivity index (χ2n) is 1.26. The van der Waals surface area contributed by atoms with Crippen molar-refractivity contribution in [3.63, 3.8) is 0 Å². The topological polar surface area (TPSA) is 24.1 Å². The molecule has 0 atom stereocenters. The minimum atomic E-state index is 0. The molecule has 0 bridgehead atoms. The molecule has 2 nitrogen and oxygen atoms in total. The standard InChI is InChI=1S/C5H6NO.HI/c7-6-4-2-1-3-5-6;/h1-5,7H;1H/q+1;/p-1. The monoisotopic (exact) mass is 223 g/mol. The Labute approximate surface area is 64.8 Å². The van der Waals surface area contributed by atoms with Gasteiger partial charge < -0.3 is 24.0 Å². The lowest BCUT2D eigenvalue weighted by atomic mass is 10.5. The van der Waals surface area contributed by atoms with Gasteiger partial charge >= 0.3 is 0 Å². The van der Waals surface area contributed by atoms with Gasteiger partial charge in [-0.05, 0) is 0 Å². The Kier molecular flexibility index (Phi) is 3.51. The molecule has 0 aliphatic rings. The minimum Gasteiger partial charge on any atom is -1.00 e. The molecule has 0 radical (unpaired) electrons. The van der Waals surface area contributed by atoms with Crippen LogP contribution in [-0.2, 0) is 0 Å². The Bertz CT molecular complexity index is 142. The van der Waals surface area contributed by atoms with Gasteiger partial charge in [-0.3, -0.25) is 5.21 Å². The summed E-state index contributed by atoms with van der Waals surface area (Å²) in [6, 6.07) is 5.34. The fraction of sp³-hybridized carbons (Fsp3) is 0. The third-order valence-corrected chi connectivity index (χ3v) is 0.700. The van der Waals surface area contributed by atoms with Gasteiger partial charge in [-0.25, -0.2) is 0 Å². The highest BCUT2D eigenvalue weighted by Gasteiger charge is 1.82. The van der Waals surface area contributed by atoms with Crippen LogP contribution in [0.15, 0.2) is 30.6 Å². The van der Waals surface area contributed by atoms with Crippen LogP contribution in [-0.4, -0.2) is 5.21 Å². The first kappa shape index (κ1) is 7.68. The molecule has 1 aromatic heterocycles. The van der Waals surface area contributed by atoms with E-state index < -0.39 is 0 Å². The highest BCUT2D eigenvalue weighted by Crippen LogP contribution is 1.71. The lowest BCUT2D eigenvalue weighted by molar-refractivity contribution is -0.904. The van der Waals surface area contributed by atoms with Crippen LogP contribution in [0, 0.1) is 0 Å². The Morgan fingerprint density at radius 2 is 1.50 bits per heavy atom. The van der Waals surface area contributed by atoms with Crippen LogP contribution in [0.4, 0.5) is 0 Å². The van der Waals surface area contributed by atoms with E-state index in [1.165, 1.54) is 0 Å². The highest BCUT2D eigenvalue weighted by atomic mass is 127. The van der Waals surface area contributed by atoms with Gasteiger partial charge in [0.2, 0.25) is 12.4 Å². The summed E-state index contributed by atoms with van der Waals surface area (Å²) in [6.07, 6.45) is 3.11. The zero-order chi connectivity index (χ0) is 5.11. The molecule has 0 amide bonds. The number of hydrogen-bond donors (Lipinski definition) is 1. The molecule has 0 fully saturated rings. The summed E-state index contributed by atoms with van der Waals surface area (Å²) in [6.45, 7) is 0. The Morgan fingerprint density at radius 3 is 1.75 bits per heavy atom. The van der Waals surface area contributed by atoms with Gasteiger partial charge in [0.1, 0.15) is 0 Å². The van der Waals surface area contributed by atoms with E-state index in [4.69, 9.17) is 5.21 Å². The van der Waals surface area contributed by atoms with Crippen molar-refractivity contribution >= 4 is 0 Å². The van der Waals surface area contributed by atoms with E-state index in [9.17, 15) is 0 Å². The van der Waals surface area contributed by atoms with E-state index in [-0.39, 0.29) is 24.0 Å². The van der Waals surface area contributed by atoms with Crippen molar-refractivity contribution in [3.8, 4) is 0 Å². The molecule has 0 aliphatic carbocycles. The molecule has 44 valence electrons. The van der Waals surface area contributed by atoms with Crippen molar-refractivity contribution in [2.45, 2.75) is 0 Å². The maximum Gasteiger partial charge on any atom is 0.222 e. The molecular formula is C5H6INO. The summed E-state index contributed by atoms with van der Waals surface area (Å²) in [7, 11) is 0. The summed E-state index contributed by atoms with van der Waals surface area (Å²) >= 11 is 0. The molecule has 0 unspecified atom stereocenters. The average Bonchev–Trinajstić information content (AvgIpc) is 1.69. The van der Waals surface area contributed by atoms with Gasteiger partial charge in [0, 0.05) is 16.9 Å². The number of halogens is 1. The van der Waals surface area contributed by atoms with Crippen molar-refractivity contribution < 1.29 is 33.9 Å². The van der Waals surface area contributed by atoms with E-state index in [0.717, 1.165) is 4.73 Å². The predicted octanol–water partition coefficient (Wildman–Crippen LogP) is -2.78. The van der Waals surface area contributed by atoms with Gasteiger partial charge in [-0.2, -0.15) is 0 Å². The molecule has 1 rings (SSSR count). The SMILES string of the molecule is O[n+]1ccccc1.[I-]. The van der Waals surface area contributed by atoms with E-state index in [2.05, 4.69) is 0 Å². The first-order valence-electron chi connectivity index (χ1n) is 2.05. The van der Waals surface area contributed by atoms with Gasteiger partial charge in [-0.1, -0.05) is 6.07 Å². The molecule has 8 heavy (non-hydrogen) atoms. The number of rotatable bonds is 0. The first-order valence-corrected chi connectivity index (χ1v) is 2.05. The molecule has 0 spiro atoms. The molecule has 0 saturated carbocycles. The van der Waals surface area contributed by atoms with Gasteiger partial charge in [0.25, 0.3) is 0 Å². The van der Waals surface area contributed by atoms with Crippen molar-refractivity contribution in [2.24, 2.45) is 0 Å². The summed E-state index contributed by atoms with van der Waals surface area (Å²) in [5.74, 6) is 0. The summed E-state index contributed by atoms with van der Waals surface area (Å²) in [5.41, 5.74) is 0. The third-order valence-electron chi connectivity index (χ3n) is 0.700. The minimum absolute atomic E-state index is 0. The van der Waals surface area contributed by atoms with Crippen LogP contribution in [0.1, 0.15) is 0 Å². The Balaban J connectivity index is 0.000000490. The summed E-state index contributed by atoms with van der Waals surface area (Å²) in [4.78, 5) is 0. The van der Waals surface area contributed by atoms with E-state index >= 15 is 0 Å². The quantitative estimate of drug-likeness (QED) is 0.287. The molecule has 0 saturated heterocycles. The molecular weight excluding hydrogens is 217 g/mol. The maximum absolute atomic E-state index is 8.55. The van der Waals surface area contributed by atoms with Gasteiger partial charge in [0.15, 0.2) is 0 Å². The molecule has 1 heterocycles. The van der Waals surface area contributed by atoms with Gasteiger partial charge in [0.05, 0.1) is 0 Å². The van der Waals surface area contributed by atoms with Crippen LogP contribution in [0.2, 0.25) is 0 Å². The maximum atomic E-state index is 8.55. The molecule has 0 aliphatic heterocycles. The van der Waals surface area contributed by atoms with Crippen LogP contribution in [0.3, 0.4) is 0 Å². The zero-order valence-electron chi connectivity index (χ0n) is 4.16. The second kappa shape index (κ2) is 3.65. The van der Waals surface area contributed by atoms with Gasteiger partial charge in [-0.15, -0.1) is 0 Å². The van der Waals surface area contributed by atoms with E-state index in [0.29, 0.717) is 0 Å². The Hall–Kier alpha value is -0.320. The van der Waals surface area contributed by atoms with Crippen LogP contribution >= 0.6 is 0 Å². The van der Waals surface area contributed by atoms with E-state index in [1.807, 2.05) is 6.07 Å². The van der Waals surface area contributed by atoms with Crippen molar-refractivity contribution in [3.05, 3.63) is 30.6 Å². The van der Waals surface area contributed by atoms with Crippen molar-refractivity contribution in [1.29, 1.82) is 0 Å². The van der Waals surface area contributed by atoms with Crippen LogP contribution in [0.25, 0.3) is 0 Å². The summed E-state index contributed by atoms with van der Waals surface area (Å²) < 4.78 is 1.00. The largest absolute Gasteiger partial charge is 1.00 e. The average molecular weight is 223 g/mol. The molecule has 1 aromatic rings. The molecule has 3 heteroatoms. The number of aromatic nitrogens is 1. The van der Waals surface area contributed by atoms with Crippen molar-refractivity contribution in [2.75, 3.05) is 0 Å². The highest BCUT2D eigenvalue weighted by molar-refractivity contribution is 4.82. The smallest absolute Gasteiger partial charge is 0.222 e. The van der Waals surface area contributed by atoms with Crippen LogP contribution < -0.4 is 28.7 Å². The third kappa shape index (κ3) is 2.11. The lowest BCUT2D eigenvalue weighted by Crippen LogP contribution is -3.00. The van der Waals surface area contributed by atoms with Crippen LogP contribution in [0.5, 0.6) is 0 Å². The zero-order valence-corrected chi connectivity index (χ0v) is 6.32. The van der Waals surface area contributed by atoms with Crippen molar-refractivity contribution in [1.82, 2.24) is 0 Å². The fourth-order valence-electron chi connectivity index (χ4n) is 0.390. The summed E-state index contributed by atoms with van der Waals surface area (Å²) in [5, 5.41) is 8.55. The fourth-order valence-corrected chi connectivity index (χ4v) is 0.390. The number of hydrogen-bond acceptors (Lipinski definition) is 1. The predicted molar refractivity (Wildman–Crippen MR) is 23.8 cm³/mol. The Morgan fingerprint density at radius 1 is 1.00 bits per heavy atom. The normalized spacial score (nSPS) is 7.50. The number of nitrogens with zero attached hydrogens (tertiary/aromatic N) is 1. The molecule has 1 N–H and O–H groups in total. The lowest BCUT2D eigenvalue weighted by Gasteiger charge is -1.74. The molecule has 0 aromatic carbocycles. The second-order valence-corrected chi connectivity index (χ2v) is 1.26.